The van der Waals surface area contributed by atoms with Gasteiger partial charge in [0.15, 0.2) is 0 Å². The van der Waals surface area contributed by atoms with Crippen molar-refractivity contribution in [3.63, 3.8) is 0 Å². The zero-order valence-corrected chi connectivity index (χ0v) is 6.73. The molecule has 0 fully saturated rings. The van der Waals surface area contributed by atoms with Crippen molar-refractivity contribution in [2.24, 2.45) is 0 Å². The molecule has 1 atom stereocenters. The minimum Gasteiger partial charge on any atom is -0.388 e. The first-order valence-electron chi connectivity index (χ1n) is 3.03. The van der Waals surface area contributed by atoms with Gasteiger partial charge in [0, 0.05) is 5.67 Å². The van der Waals surface area contributed by atoms with Crippen molar-refractivity contribution in [3.8, 4) is 0 Å². The molecule has 0 spiro atoms. The Hall–Kier alpha value is -0.243. The number of hydrogen-bond donors (Lipinski definition) is 1. The topological polar surface area (TPSA) is 12.0 Å². The molecule has 1 unspecified atom stereocenters. The maximum absolute atomic E-state index is 3.27. The van der Waals surface area contributed by atoms with Gasteiger partial charge in [-0.1, -0.05) is 19.6 Å². The van der Waals surface area contributed by atoms with Crippen LogP contribution in [0.4, 0.5) is 0 Å². The Balaban J connectivity index is 2.48. The first kappa shape index (κ1) is 5.89. The first-order valence-corrected chi connectivity index (χ1v) is 6.61. The van der Waals surface area contributed by atoms with Gasteiger partial charge in [-0.25, -0.2) is 0 Å². The van der Waals surface area contributed by atoms with Crippen molar-refractivity contribution >= 4 is 8.07 Å². The lowest BCUT2D eigenvalue weighted by Gasteiger charge is -2.31. The third-order valence-electron chi connectivity index (χ3n) is 1.50. The molecule has 0 aromatic rings. The molecule has 0 aliphatic carbocycles. The first-order chi connectivity index (χ1) is 3.61. The summed E-state index contributed by atoms with van der Waals surface area (Å²) in [5, 5.41) is 3.27. The molecule has 0 amide bonds. The number of nitrogens with one attached hydrogen (secondary N) is 1. The smallest absolute Gasteiger partial charge is 0.0751 e. The van der Waals surface area contributed by atoms with Crippen molar-refractivity contribution in [1.29, 1.82) is 0 Å². The minimum absolute atomic E-state index is 0.738. The summed E-state index contributed by atoms with van der Waals surface area (Å²) in [5.41, 5.74) is 0.738. The van der Waals surface area contributed by atoms with E-state index in [2.05, 4.69) is 31.0 Å². The second-order valence-electron chi connectivity index (χ2n) is 3.37. The van der Waals surface area contributed by atoms with Crippen LogP contribution >= 0.6 is 0 Å². The summed E-state index contributed by atoms with van der Waals surface area (Å²) in [7, 11) is -0.872. The molecule has 0 aromatic carbocycles. The lowest BCUT2D eigenvalue weighted by atomic mass is 10.5. The molecule has 1 nitrogen and oxygen atoms in total. The molecular formula is C6H13NSi. The van der Waals surface area contributed by atoms with Crippen LogP contribution < -0.4 is 5.32 Å². The molecule has 46 valence electrons. The summed E-state index contributed by atoms with van der Waals surface area (Å²) in [6.45, 7) is 7.11. The van der Waals surface area contributed by atoms with Crippen molar-refractivity contribution in [3.05, 3.63) is 12.3 Å². The Kier molecular flexibility index (Phi) is 1.19. The van der Waals surface area contributed by atoms with Crippen LogP contribution in [0.3, 0.4) is 0 Å². The molecular weight excluding hydrogens is 114 g/mol. The van der Waals surface area contributed by atoms with Gasteiger partial charge >= 0.3 is 0 Å². The van der Waals surface area contributed by atoms with Crippen LogP contribution in [-0.4, -0.2) is 13.7 Å². The average Bonchev–Trinajstić information content (AvgIpc) is 1.16. The highest BCUT2D eigenvalue weighted by Gasteiger charge is 2.26. The molecule has 0 radical (unpaired) electrons. The van der Waals surface area contributed by atoms with Crippen LogP contribution in [-0.2, 0) is 0 Å². The monoisotopic (exact) mass is 127 g/mol. The molecule has 0 saturated heterocycles. The average molecular weight is 127 g/mol. The van der Waals surface area contributed by atoms with E-state index in [0.29, 0.717) is 0 Å². The SMILES string of the molecule is C[Si](C)(C)C1C=CN1. The van der Waals surface area contributed by atoms with E-state index in [4.69, 9.17) is 0 Å². The van der Waals surface area contributed by atoms with E-state index in [1.54, 1.807) is 0 Å². The third kappa shape index (κ3) is 0.942. The molecule has 0 bridgehead atoms. The van der Waals surface area contributed by atoms with Crippen LogP contribution in [0.15, 0.2) is 12.3 Å². The van der Waals surface area contributed by atoms with Gasteiger partial charge < -0.3 is 5.32 Å². The second kappa shape index (κ2) is 1.62. The fraction of sp³-hybridized carbons (Fsp3) is 0.667. The van der Waals surface area contributed by atoms with Gasteiger partial charge in [0.05, 0.1) is 8.07 Å². The summed E-state index contributed by atoms with van der Waals surface area (Å²) in [5.74, 6) is 0. The fourth-order valence-corrected chi connectivity index (χ4v) is 2.00. The molecule has 1 aliphatic heterocycles. The van der Waals surface area contributed by atoms with E-state index >= 15 is 0 Å². The van der Waals surface area contributed by atoms with Crippen molar-refractivity contribution in [2.45, 2.75) is 25.3 Å². The van der Waals surface area contributed by atoms with Crippen LogP contribution in [0.1, 0.15) is 0 Å². The predicted molar refractivity (Wildman–Crippen MR) is 39.4 cm³/mol. The minimum atomic E-state index is -0.872. The zero-order chi connectivity index (χ0) is 6.20. The molecule has 1 N–H and O–H groups in total. The van der Waals surface area contributed by atoms with Crippen molar-refractivity contribution in [2.75, 3.05) is 0 Å². The Morgan fingerprint density at radius 2 is 1.88 bits per heavy atom. The molecule has 0 saturated carbocycles. The summed E-state index contributed by atoms with van der Waals surface area (Å²) < 4.78 is 0. The van der Waals surface area contributed by atoms with E-state index in [0.717, 1.165) is 5.67 Å². The Bertz CT molecular complexity index is 112. The molecule has 0 aromatic heterocycles. The molecule has 2 heteroatoms. The predicted octanol–water partition coefficient (Wildman–Crippen LogP) is 1.35. The largest absolute Gasteiger partial charge is 0.388 e. The fourth-order valence-electron chi connectivity index (χ4n) is 0.731. The van der Waals surface area contributed by atoms with Crippen molar-refractivity contribution < 1.29 is 0 Å². The number of hydrogen-bond acceptors (Lipinski definition) is 1. The van der Waals surface area contributed by atoms with Gasteiger partial charge in [-0.05, 0) is 12.3 Å². The standard InChI is InChI=1S/C6H13NSi/c1-8(2,3)6-4-5-7-6/h4-7H,1-3H3. The third-order valence-corrected chi connectivity index (χ3v) is 3.72. The van der Waals surface area contributed by atoms with E-state index in [9.17, 15) is 0 Å². The van der Waals surface area contributed by atoms with Gasteiger partial charge in [0.1, 0.15) is 0 Å². The highest BCUT2D eigenvalue weighted by Crippen LogP contribution is 2.12. The van der Waals surface area contributed by atoms with Gasteiger partial charge in [0.25, 0.3) is 0 Å². The molecule has 1 aliphatic rings. The zero-order valence-electron chi connectivity index (χ0n) is 5.73. The van der Waals surface area contributed by atoms with Gasteiger partial charge in [-0.3, -0.25) is 0 Å². The highest BCUT2D eigenvalue weighted by atomic mass is 28.3. The van der Waals surface area contributed by atoms with Crippen LogP contribution in [0, 0.1) is 0 Å². The molecule has 1 rings (SSSR count). The van der Waals surface area contributed by atoms with Crippen LogP contribution in [0.2, 0.25) is 19.6 Å². The molecule has 1 heterocycles. The quantitative estimate of drug-likeness (QED) is 0.524. The van der Waals surface area contributed by atoms with Crippen molar-refractivity contribution in [1.82, 2.24) is 5.32 Å². The summed E-state index contributed by atoms with van der Waals surface area (Å²) in [6, 6.07) is 0. The lowest BCUT2D eigenvalue weighted by molar-refractivity contribution is 0.799. The molecule has 8 heavy (non-hydrogen) atoms. The maximum Gasteiger partial charge on any atom is 0.0751 e. The number of rotatable bonds is 1. The Morgan fingerprint density at radius 1 is 1.38 bits per heavy atom. The van der Waals surface area contributed by atoms with E-state index in [-0.39, 0.29) is 0 Å². The Morgan fingerprint density at radius 3 is 1.88 bits per heavy atom. The van der Waals surface area contributed by atoms with Gasteiger partial charge in [0.2, 0.25) is 0 Å². The lowest BCUT2D eigenvalue weighted by Crippen LogP contribution is -2.49. The normalized spacial score (nSPS) is 26.6. The van der Waals surface area contributed by atoms with Gasteiger partial charge in [-0.2, -0.15) is 0 Å². The highest BCUT2D eigenvalue weighted by molar-refractivity contribution is 6.78. The maximum atomic E-state index is 3.27. The van der Waals surface area contributed by atoms with E-state index in [1.807, 2.05) is 6.20 Å². The summed E-state index contributed by atoms with van der Waals surface area (Å²) in [4.78, 5) is 0. The summed E-state index contributed by atoms with van der Waals surface area (Å²) >= 11 is 0. The van der Waals surface area contributed by atoms with E-state index in [1.165, 1.54) is 0 Å². The summed E-state index contributed by atoms with van der Waals surface area (Å²) in [6.07, 6.45) is 4.29. The second-order valence-corrected chi connectivity index (χ2v) is 8.72. The van der Waals surface area contributed by atoms with Crippen LogP contribution in [0.25, 0.3) is 0 Å². The Labute approximate surface area is 51.8 Å². The van der Waals surface area contributed by atoms with E-state index < -0.39 is 8.07 Å². The van der Waals surface area contributed by atoms with Crippen LogP contribution in [0.5, 0.6) is 0 Å². The van der Waals surface area contributed by atoms with Gasteiger partial charge in [-0.15, -0.1) is 0 Å².